The van der Waals surface area contributed by atoms with Crippen LogP contribution in [0.1, 0.15) is 27.8 Å². The summed E-state index contributed by atoms with van der Waals surface area (Å²) in [6.45, 7) is 6.22. The van der Waals surface area contributed by atoms with Gasteiger partial charge in [-0.3, -0.25) is 0 Å². The quantitative estimate of drug-likeness (QED) is 0.904. The molecule has 0 fully saturated rings. The minimum atomic E-state index is -0.556. The normalized spacial score (nSPS) is 12.5. The molecule has 0 amide bonds. The van der Waals surface area contributed by atoms with E-state index in [4.69, 9.17) is 5.73 Å². The molecular weight excluding hydrogens is 268 g/mol. The Morgan fingerprint density at radius 3 is 1.90 bits per heavy atom. The fourth-order valence-corrected chi connectivity index (χ4v) is 2.90. The molecule has 0 aromatic heterocycles. The lowest BCUT2D eigenvalue weighted by Gasteiger charge is -2.17. The first-order valence-electron chi connectivity index (χ1n) is 7.12. The first-order chi connectivity index (χ1) is 9.85. The summed E-state index contributed by atoms with van der Waals surface area (Å²) in [5.74, 6) is -1.11. The highest BCUT2D eigenvalue weighted by Gasteiger charge is 2.11. The van der Waals surface area contributed by atoms with Crippen molar-refractivity contribution in [2.45, 2.75) is 39.7 Å². The second-order valence-corrected chi connectivity index (χ2v) is 5.82. The van der Waals surface area contributed by atoms with Gasteiger partial charge < -0.3 is 5.73 Å². The summed E-state index contributed by atoms with van der Waals surface area (Å²) < 4.78 is 26.4. The zero-order valence-electron chi connectivity index (χ0n) is 12.7. The Balaban J connectivity index is 2.13. The van der Waals surface area contributed by atoms with Gasteiger partial charge in [0.1, 0.15) is 11.6 Å². The molecule has 2 rings (SSSR count). The maximum absolute atomic E-state index is 13.2. The van der Waals surface area contributed by atoms with Crippen LogP contribution in [0.15, 0.2) is 30.3 Å². The monoisotopic (exact) mass is 289 g/mol. The second-order valence-electron chi connectivity index (χ2n) is 5.82. The molecule has 112 valence electrons. The molecule has 2 aromatic rings. The SMILES string of the molecule is Cc1cc(C)c(CC(N)Cc2cc(F)cc(F)c2)c(C)c1. The van der Waals surface area contributed by atoms with Gasteiger partial charge in [0.25, 0.3) is 0 Å². The maximum Gasteiger partial charge on any atom is 0.126 e. The summed E-state index contributed by atoms with van der Waals surface area (Å²) in [5.41, 5.74) is 11.7. The summed E-state index contributed by atoms with van der Waals surface area (Å²) in [7, 11) is 0. The van der Waals surface area contributed by atoms with Crippen molar-refractivity contribution in [3.8, 4) is 0 Å². The molecular formula is C18H21F2N. The van der Waals surface area contributed by atoms with Crippen LogP contribution in [0.3, 0.4) is 0 Å². The topological polar surface area (TPSA) is 26.0 Å². The smallest absolute Gasteiger partial charge is 0.126 e. The fraction of sp³-hybridized carbons (Fsp3) is 0.333. The van der Waals surface area contributed by atoms with E-state index in [1.807, 2.05) is 0 Å². The molecule has 0 heterocycles. The van der Waals surface area contributed by atoms with Gasteiger partial charge in [-0.25, -0.2) is 8.78 Å². The summed E-state index contributed by atoms with van der Waals surface area (Å²) in [4.78, 5) is 0. The number of benzene rings is 2. The van der Waals surface area contributed by atoms with Crippen LogP contribution in [0.4, 0.5) is 8.78 Å². The number of nitrogens with two attached hydrogens (primary N) is 1. The van der Waals surface area contributed by atoms with E-state index in [1.54, 1.807) is 0 Å². The molecule has 2 N–H and O–H groups in total. The van der Waals surface area contributed by atoms with Gasteiger partial charge in [0.2, 0.25) is 0 Å². The van der Waals surface area contributed by atoms with E-state index in [0.29, 0.717) is 18.4 Å². The van der Waals surface area contributed by atoms with Gasteiger partial charge in [-0.15, -0.1) is 0 Å². The number of hydrogen-bond donors (Lipinski definition) is 1. The maximum atomic E-state index is 13.2. The van der Waals surface area contributed by atoms with Gasteiger partial charge in [-0.2, -0.15) is 0 Å². The molecule has 2 aromatic carbocycles. The first-order valence-corrected chi connectivity index (χ1v) is 7.12. The average Bonchev–Trinajstić information content (AvgIpc) is 2.32. The summed E-state index contributed by atoms with van der Waals surface area (Å²) in [5, 5.41) is 0. The molecule has 0 spiro atoms. The molecule has 0 aliphatic carbocycles. The van der Waals surface area contributed by atoms with Gasteiger partial charge in [0.15, 0.2) is 0 Å². The molecule has 0 radical (unpaired) electrons. The average molecular weight is 289 g/mol. The predicted octanol–water partition coefficient (Wildman–Crippen LogP) is 4.00. The third kappa shape index (κ3) is 4.11. The number of aryl methyl sites for hydroxylation is 3. The largest absolute Gasteiger partial charge is 0.327 e. The van der Waals surface area contributed by atoms with Crippen molar-refractivity contribution in [1.29, 1.82) is 0 Å². The Morgan fingerprint density at radius 2 is 1.38 bits per heavy atom. The zero-order chi connectivity index (χ0) is 15.6. The predicted molar refractivity (Wildman–Crippen MR) is 82.4 cm³/mol. The van der Waals surface area contributed by atoms with Crippen molar-refractivity contribution < 1.29 is 8.78 Å². The van der Waals surface area contributed by atoms with E-state index in [1.165, 1.54) is 34.4 Å². The van der Waals surface area contributed by atoms with Crippen LogP contribution in [0.25, 0.3) is 0 Å². The minimum Gasteiger partial charge on any atom is -0.327 e. The highest BCUT2D eigenvalue weighted by atomic mass is 19.1. The van der Waals surface area contributed by atoms with Crippen molar-refractivity contribution in [1.82, 2.24) is 0 Å². The van der Waals surface area contributed by atoms with Crippen molar-refractivity contribution in [3.05, 3.63) is 69.8 Å². The molecule has 1 unspecified atom stereocenters. The molecule has 0 aliphatic rings. The Labute approximate surface area is 124 Å². The van der Waals surface area contributed by atoms with Crippen LogP contribution < -0.4 is 5.73 Å². The fourth-order valence-electron chi connectivity index (χ4n) is 2.90. The highest BCUT2D eigenvalue weighted by Crippen LogP contribution is 2.19. The number of hydrogen-bond acceptors (Lipinski definition) is 1. The van der Waals surface area contributed by atoms with Crippen LogP contribution in [-0.2, 0) is 12.8 Å². The van der Waals surface area contributed by atoms with Gasteiger partial charge in [0, 0.05) is 12.1 Å². The molecule has 0 aliphatic heterocycles. The standard InChI is InChI=1S/C18H21F2N/c1-11-4-12(2)18(13(3)5-11)10-17(21)8-14-6-15(19)9-16(20)7-14/h4-7,9,17H,8,10,21H2,1-3H3. The Bertz CT molecular complexity index is 606. The van der Waals surface area contributed by atoms with Crippen molar-refractivity contribution in [2.75, 3.05) is 0 Å². The molecule has 3 heteroatoms. The third-order valence-electron chi connectivity index (χ3n) is 3.73. The Hall–Kier alpha value is -1.74. The van der Waals surface area contributed by atoms with Crippen LogP contribution >= 0.6 is 0 Å². The van der Waals surface area contributed by atoms with E-state index in [9.17, 15) is 8.78 Å². The van der Waals surface area contributed by atoms with Gasteiger partial charge in [0.05, 0.1) is 0 Å². The van der Waals surface area contributed by atoms with Gasteiger partial charge in [-0.05, 0) is 68.0 Å². The summed E-state index contributed by atoms with van der Waals surface area (Å²) >= 11 is 0. The third-order valence-corrected chi connectivity index (χ3v) is 3.73. The van der Waals surface area contributed by atoms with Crippen molar-refractivity contribution in [2.24, 2.45) is 5.73 Å². The minimum absolute atomic E-state index is 0.161. The molecule has 0 saturated carbocycles. The second kappa shape index (κ2) is 6.35. The number of rotatable bonds is 4. The van der Waals surface area contributed by atoms with Crippen molar-refractivity contribution in [3.63, 3.8) is 0 Å². The number of halogens is 2. The Morgan fingerprint density at radius 1 is 0.857 bits per heavy atom. The Kier molecular flexibility index (Phi) is 4.73. The molecule has 0 bridgehead atoms. The first kappa shape index (κ1) is 15.6. The lowest BCUT2D eigenvalue weighted by molar-refractivity contribution is 0.574. The molecule has 21 heavy (non-hydrogen) atoms. The van der Waals surface area contributed by atoms with Gasteiger partial charge in [-0.1, -0.05) is 17.7 Å². The van der Waals surface area contributed by atoms with E-state index < -0.39 is 11.6 Å². The molecule has 1 atom stereocenters. The van der Waals surface area contributed by atoms with E-state index in [-0.39, 0.29) is 6.04 Å². The van der Waals surface area contributed by atoms with Crippen LogP contribution in [0.5, 0.6) is 0 Å². The van der Waals surface area contributed by atoms with Gasteiger partial charge >= 0.3 is 0 Å². The van der Waals surface area contributed by atoms with Crippen LogP contribution in [0.2, 0.25) is 0 Å². The lowest BCUT2D eigenvalue weighted by atomic mass is 9.92. The van der Waals surface area contributed by atoms with Crippen LogP contribution in [0, 0.1) is 32.4 Å². The van der Waals surface area contributed by atoms with E-state index >= 15 is 0 Å². The molecule has 1 nitrogen and oxygen atoms in total. The highest BCUT2D eigenvalue weighted by molar-refractivity contribution is 5.38. The molecule has 0 saturated heterocycles. The lowest BCUT2D eigenvalue weighted by Crippen LogP contribution is -2.26. The van der Waals surface area contributed by atoms with Crippen LogP contribution in [-0.4, -0.2) is 6.04 Å². The van der Waals surface area contributed by atoms with Crippen molar-refractivity contribution >= 4 is 0 Å². The summed E-state index contributed by atoms with van der Waals surface area (Å²) in [6, 6.07) is 7.68. The summed E-state index contributed by atoms with van der Waals surface area (Å²) in [6.07, 6.45) is 1.16. The van der Waals surface area contributed by atoms with E-state index in [2.05, 4.69) is 32.9 Å². The van der Waals surface area contributed by atoms with E-state index in [0.717, 1.165) is 6.07 Å². The zero-order valence-corrected chi connectivity index (χ0v) is 12.7.